The molecular weight excluding hydrogens is 325 g/mol. The van der Waals surface area contributed by atoms with Gasteiger partial charge in [0.25, 0.3) is 0 Å². The molecule has 1 aromatic carbocycles. The fourth-order valence-corrected chi connectivity index (χ4v) is 2.31. The standard InChI is InChI=1S/C13H13F3O5S/c14-13(15,16)22(18,19)21-12-5-4-11(6-10(12)7-17)20-8-9-2-1-3-9/h4-7,9H,1-3,8H2. The first-order chi connectivity index (χ1) is 10.2. The quantitative estimate of drug-likeness (QED) is 0.453. The van der Waals surface area contributed by atoms with Crippen LogP contribution >= 0.6 is 0 Å². The van der Waals surface area contributed by atoms with Gasteiger partial charge in [-0.1, -0.05) is 6.42 Å². The molecule has 5 nitrogen and oxygen atoms in total. The average Bonchev–Trinajstić information content (AvgIpc) is 2.36. The van der Waals surface area contributed by atoms with Crippen molar-refractivity contribution in [1.82, 2.24) is 0 Å². The largest absolute Gasteiger partial charge is 0.534 e. The SMILES string of the molecule is O=Cc1cc(OCC2CCC2)ccc1OS(=O)(=O)C(F)(F)F. The van der Waals surface area contributed by atoms with E-state index in [1.165, 1.54) is 6.07 Å². The summed E-state index contributed by atoms with van der Waals surface area (Å²) in [6.07, 6.45) is 3.43. The molecule has 1 fully saturated rings. The van der Waals surface area contributed by atoms with Crippen molar-refractivity contribution in [3.8, 4) is 11.5 Å². The maximum absolute atomic E-state index is 12.3. The van der Waals surface area contributed by atoms with Crippen molar-refractivity contribution in [2.24, 2.45) is 5.92 Å². The van der Waals surface area contributed by atoms with E-state index in [0.717, 1.165) is 31.4 Å². The first kappa shape index (κ1) is 16.6. The number of hydrogen-bond acceptors (Lipinski definition) is 5. The lowest BCUT2D eigenvalue weighted by atomic mass is 9.86. The second kappa shape index (κ2) is 6.15. The highest BCUT2D eigenvalue weighted by atomic mass is 32.2. The number of halogens is 3. The molecule has 0 atom stereocenters. The number of alkyl halides is 3. The topological polar surface area (TPSA) is 69.7 Å². The molecule has 1 saturated carbocycles. The third-order valence-corrected chi connectivity index (χ3v) is 4.27. The Balaban J connectivity index is 2.13. The van der Waals surface area contributed by atoms with E-state index in [-0.39, 0.29) is 17.6 Å². The molecule has 0 N–H and O–H groups in total. The molecule has 0 aliphatic heterocycles. The summed E-state index contributed by atoms with van der Waals surface area (Å²) in [6.45, 7) is 0.444. The van der Waals surface area contributed by atoms with Crippen molar-refractivity contribution in [3.63, 3.8) is 0 Å². The normalized spacial score (nSPS) is 16.0. The van der Waals surface area contributed by atoms with Gasteiger partial charge >= 0.3 is 15.6 Å². The van der Waals surface area contributed by atoms with Crippen LogP contribution in [-0.2, 0) is 10.1 Å². The smallest absolute Gasteiger partial charge is 0.493 e. The summed E-state index contributed by atoms with van der Waals surface area (Å²) in [4.78, 5) is 10.9. The van der Waals surface area contributed by atoms with Crippen LogP contribution in [0.3, 0.4) is 0 Å². The van der Waals surface area contributed by atoms with Gasteiger partial charge in [0.1, 0.15) is 5.75 Å². The highest BCUT2D eigenvalue weighted by Gasteiger charge is 2.48. The van der Waals surface area contributed by atoms with E-state index >= 15 is 0 Å². The van der Waals surface area contributed by atoms with Crippen molar-refractivity contribution in [1.29, 1.82) is 0 Å². The first-order valence-electron chi connectivity index (χ1n) is 6.46. The zero-order chi connectivity index (χ0) is 16.4. The molecule has 1 aromatic rings. The summed E-state index contributed by atoms with van der Waals surface area (Å²) < 4.78 is 68.1. The Morgan fingerprint density at radius 2 is 1.95 bits per heavy atom. The molecule has 0 aromatic heterocycles. The van der Waals surface area contributed by atoms with Crippen LogP contribution in [0, 0.1) is 5.92 Å². The van der Waals surface area contributed by atoms with E-state index in [1.807, 2.05) is 0 Å². The van der Waals surface area contributed by atoms with Crippen LogP contribution in [0.2, 0.25) is 0 Å². The van der Waals surface area contributed by atoms with Crippen LogP contribution in [0.15, 0.2) is 18.2 Å². The molecule has 0 bridgehead atoms. The number of carbonyl (C=O) groups excluding carboxylic acids is 1. The van der Waals surface area contributed by atoms with Gasteiger partial charge in [-0.15, -0.1) is 0 Å². The molecule has 9 heteroatoms. The number of hydrogen-bond donors (Lipinski definition) is 0. The van der Waals surface area contributed by atoms with Gasteiger partial charge in [0.2, 0.25) is 0 Å². The number of ether oxygens (including phenoxy) is 1. The minimum atomic E-state index is -5.82. The Bertz CT molecular complexity index is 650. The monoisotopic (exact) mass is 338 g/mol. The van der Waals surface area contributed by atoms with Crippen LogP contribution in [-0.4, -0.2) is 26.8 Å². The number of carbonyl (C=O) groups is 1. The van der Waals surface area contributed by atoms with Gasteiger partial charge in [-0.3, -0.25) is 4.79 Å². The first-order valence-corrected chi connectivity index (χ1v) is 7.86. The molecule has 2 rings (SSSR count). The van der Waals surface area contributed by atoms with E-state index < -0.39 is 21.4 Å². The zero-order valence-electron chi connectivity index (χ0n) is 11.3. The maximum Gasteiger partial charge on any atom is 0.534 e. The molecule has 1 aliphatic carbocycles. The van der Waals surface area contributed by atoms with Crippen molar-refractivity contribution < 1.29 is 35.3 Å². The molecule has 0 spiro atoms. The van der Waals surface area contributed by atoms with Crippen LogP contribution in [0.4, 0.5) is 13.2 Å². The van der Waals surface area contributed by atoms with Gasteiger partial charge in [-0.2, -0.15) is 21.6 Å². The van der Waals surface area contributed by atoms with Crippen LogP contribution in [0.1, 0.15) is 29.6 Å². The molecular formula is C13H13F3O5S. The van der Waals surface area contributed by atoms with E-state index in [1.54, 1.807) is 0 Å². The Hall–Kier alpha value is -1.77. The lowest BCUT2D eigenvalue weighted by Gasteiger charge is -2.25. The molecule has 0 radical (unpaired) electrons. The van der Waals surface area contributed by atoms with Crippen molar-refractivity contribution in [3.05, 3.63) is 23.8 Å². The molecule has 0 saturated heterocycles. The van der Waals surface area contributed by atoms with Gasteiger partial charge < -0.3 is 8.92 Å². The van der Waals surface area contributed by atoms with Gasteiger partial charge in [-0.05, 0) is 37.0 Å². The van der Waals surface area contributed by atoms with E-state index in [9.17, 15) is 26.4 Å². The molecule has 0 amide bonds. The summed E-state index contributed by atoms with van der Waals surface area (Å²) in [5, 5.41) is 0. The molecule has 0 heterocycles. The summed E-state index contributed by atoms with van der Waals surface area (Å²) in [7, 11) is -5.82. The summed E-state index contributed by atoms with van der Waals surface area (Å²) in [5.41, 5.74) is -5.90. The van der Waals surface area contributed by atoms with Gasteiger partial charge in [0.05, 0.1) is 12.2 Å². The predicted octanol–water partition coefficient (Wildman–Crippen LogP) is 2.91. The minimum Gasteiger partial charge on any atom is -0.493 e. The van der Waals surface area contributed by atoms with Crippen molar-refractivity contribution >= 4 is 16.4 Å². The predicted molar refractivity (Wildman–Crippen MR) is 70.3 cm³/mol. The van der Waals surface area contributed by atoms with Crippen LogP contribution in [0.25, 0.3) is 0 Å². The van der Waals surface area contributed by atoms with Crippen molar-refractivity contribution in [2.75, 3.05) is 6.61 Å². The Kier molecular flexibility index (Phi) is 4.64. The molecule has 22 heavy (non-hydrogen) atoms. The maximum atomic E-state index is 12.3. The lowest BCUT2D eigenvalue weighted by molar-refractivity contribution is -0.0500. The summed E-state index contributed by atoms with van der Waals surface area (Å²) in [5.74, 6) is 0.00953. The highest BCUT2D eigenvalue weighted by molar-refractivity contribution is 7.88. The summed E-state index contributed by atoms with van der Waals surface area (Å²) >= 11 is 0. The molecule has 1 aliphatic rings. The van der Waals surface area contributed by atoms with Gasteiger partial charge in [0, 0.05) is 0 Å². The fraction of sp³-hybridized carbons (Fsp3) is 0.462. The van der Waals surface area contributed by atoms with Gasteiger partial charge in [-0.25, -0.2) is 0 Å². The third kappa shape index (κ3) is 3.70. The Morgan fingerprint density at radius 1 is 1.27 bits per heavy atom. The zero-order valence-corrected chi connectivity index (χ0v) is 12.1. The highest BCUT2D eigenvalue weighted by Crippen LogP contribution is 2.31. The van der Waals surface area contributed by atoms with Crippen LogP contribution < -0.4 is 8.92 Å². The van der Waals surface area contributed by atoms with Crippen molar-refractivity contribution in [2.45, 2.75) is 24.8 Å². The Morgan fingerprint density at radius 3 is 2.45 bits per heavy atom. The number of rotatable bonds is 6. The van der Waals surface area contributed by atoms with E-state index in [0.29, 0.717) is 12.5 Å². The number of benzene rings is 1. The average molecular weight is 338 g/mol. The van der Waals surface area contributed by atoms with Crippen LogP contribution in [0.5, 0.6) is 11.5 Å². The second-order valence-electron chi connectivity index (χ2n) is 4.91. The summed E-state index contributed by atoms with van der Waals surface area (Å²) in [6, 6.07) is 3.36. The minimum absolute atomic E-state index is 0.206. The second-order valence-corrected chi connectivity index (χ2v) is 6.45. The Labute approximate surface area is 125 Å². The molecule has 122 valence electrons. The van der Waals surface area contributed by atoms with Gasteiger partial charge in [0.15, 0.2) is 12.0 Å². The third-order valence-electron chi connectivity index (χ3n) is 3.30. The molecule has 0 unspecified atom stereocenters. The van der Waals surface area contributed by atoms with E-state index in [2.05, 4.69) is 4.18 Å². The van der Waals surface area contributed by atoms with E-state index in [4.69, 9.17) is 4.74 Å². The fourth-order valence-electron chi connectivity index (χ4n) is 1.82. The lowest BCUT2D eigenvalue weighted by Crippen LogP contribution is -2.28. The number of aldehydes is 1.